The predicted octanol–water partition coefficient (Wildman–Crippen LogP) is 3.69. The zero-order valence-corrected chi connectivity index (χ0v) is 15.2. The van der Waals surface area contributed by atoms with Gasteiger partial charge in [0.25, 0.3) is 0 Å². The molecule has 0 aliphatic carbocycles. The quantitative estimate of drug-likeness (QED) is 0.589. The summed E-state index contributed by atoms with van der Waals surface area (Å²) in [5, 5.41) is 29.2. The monoisotopic (exact) mass is 376 g/mol. The zero-order valence-electron chi connectivity index (χ0n) is 14.3. The van der Waals surface area contributed by atoms with Crippen molar-refractivity contribution in [1.29, 1.82) is 0 Å². The van der Waals surface area contributed by atoms with Crippen molar-refractivity contribution in [3.8, 4) is 17.2 Å². The number of aryl methyl sites for hydroxylation is 2. The number of hydrogen-bond donors (Lipinski definition) is 4. The Morgan fingerprint density at radius 3 is 2.31 bits per heavy atom. The molecule has 0 fully saturated rings. The molecule has 4 N–H and O–H groups in total. The topological polar surface area (TPSA) is 124 Å². The van der Waals surface area contributed by atoms with E-state index in [9.17, 15) is 29.6 Å². The van der Waals surface area contributed by atoms with Gasteiger partial charge in [0, 0.05) is 28.6 Å². The Bertz CT molecular complexity index is 1040. The molecule has 1 aliphatic rings. The third-order valence-electron chi connectivity index (χ3n) is 4.40. The Kier molecular flexibility index (Phi) is 4.09. The van der Waals surface area contributed by atoms with E-state index < -0.39 is 30.6 Å². The van der Waals surface area contributed by atoms with E-state index in [4.69, 9.17) is 4.52 Å². The molecule has 1 atom stereocenters. The molecule has 2 aromatic carbocycles. The molecule has 8 heteroatoms. The van der Waals surface area contributed by atoms with Crippen LogP contribution in [0.5, 0.6) is 17.2 Å². The molecule has 0 radical (unpaired) electrons. The van der Waals surface area contributed by atoms with Crippen molar-refractivity contribution in [3.63, 3.8) is 0 Å². The van der Waals surface area contributed by atoms with Crippen molar-refractivity contribution in [2.24, 2.45) is 0 Å². The van der Waals surface area contributed by atoms with Gasteiger partial charge in [-0.2, -0.15) is 0 Å². The first kappa shape index (κ1) is 18.0. The summed E-state index contributed by atoms with van der Waals surface area (Å²) in [6.45, 7) is 5.37. The summed E-state index contributed by atoms with van der Waals surface area (Å²) in [6, 6.07) is 3.84. The maximum atomic E-state index is 12.4. The number of rotatable bonds is 2. The molecule has 0 saturated heterocycles. The molecule has 0 saturated carbocycles. The average molecular weight is 376 g/mol. The second-order valence-corrected chi connectivity index (χ2v) is 7.80. The fourth-order valence-corrected chi connectivity index (χ4v) is 4.19. The summed E-state index contributed by atoms with van der Waals surface area (Å²) >= 11 is 0. The Morgan fingerprint density at radius 2 is 1.69 bits per heavy atom. The molecular formula is C18H17O7P. The van der Waals surface area contributed by atoms with E-state index in [0.29, 0.717) is 11.1 Å². The fraction of sp³-hybridized carbons (Fsp3) is 0.167. The lowest BCUT2D eigenvalue weighted by atomic mass is 9.89. The second-order valence-electron chi connectivity index (χ2n) is 6.23. The van der Waals surface area contributed by atoms with Crippen LogP contribution in [0.25, 0.3) is 5.57 Å². The van der Waals surface area contributed by atoms with Crippen molar-refractivity contribution in [3.05, 3.63) is 57.4 Å². The SMILES string of the molecule is Cc1cc(C)c2c(c1C)OP(=O)(O)C=C2c1cc(C(=O)O)c(O)cc1O. The average Bonchev–Trinajstić information content (AvgIpc) is 2.50. The van der Waals surface area contributed by atoms with Crippen LogP contribution in [0.3, 0.4) is 0 Å². The van der Waals surface area contributed by atoms with Gasteiger partial charge in [-0.05, 0) is 43.5 Å². The summed E-state index contributed by atoms with van der Waals surface area (Å²) in [4.78, 5) is 21.4. The molecule has 1 unspecified atom stereocenters. The number of carboxylic acid groups (broad SMARTS) is 1. The summed E-state index contributed by atoms with van der Waals surface area (Å²) < 4.78 is 17.7. The van der Waals surface area contributed by atoms with Crippen LogP contribution >= 0.6 is 7.60 Å². The van der Waals surface area contributed by atoms with Gasteiger partial charge in [-0.1, -0.05) is 6.07 Å². The molecule has 0 spiro atoms. The highest BCUT2D eigenvalue weighted by atomic mass is 31.2. The summed E-state index contributed by atoms with van der Waals surface area (Å²) in [6.07, 6.45) is 0. The normalized spacial score (nSPS) is 18.7. The minimum atomic E-state index is -4.16. The van der Waals surface area contributed by atoms with Crippen molar-refractivity contribution >= 4 is 19.1 Å². The van der Waals surface area contributed by atoms with Gasteiger partial charge in [0.2, 0.25) is 0 Å². The van der Waals surface area contributed by atoms with Crippen LogP contribution in [0.4, 0.5) is 0 Å². The van der Waals surface area contributed by atoms with Crippen LogP contribution in [0.2, 0.25) is 0 Å². The van der Waals surface area contributed by atoms with Crippen LogP contribution in [0, 0.1) is 20.8 Å². The summed E-state index contributed by atoms with van der Waals surface area (Å²) in [7, 11) is -4.16. The van der Waals surface area contributed by atoms with E-state index in [1.165, 1.54) is 0 Å². The minimum absolute atomic E-state index is 0.0189. The molecule has 3 rings (SSSR count). The molecular weight excluding hydrogens is 359 g/mol. The van der Waals surface area contributed by atoms with E-state index in [0.717, 1.165) is 29.1 Å². The maximum Gasteiger partial charge on any atom is 0.401 e. The van der Waals surface area contributed by atoms with Crippen LogP contribution in [0.15, 0.2) is 24.0 Å². The third kappa shape index (κ3) is 2.85. The number of benzene rings is 2. The Labute approximate surface area is 149 Å². The number of phenols is 2. The number of phenolic OH excluding ortho intramolecular Hbond substituents is 1. The van der Waals surface area contributed by atoms with Crippen molar-refractivity contribution < 1.29 is 34.1 Å². The zero-order chi connectivity index (χ0) is 19.4. The van der Waals surface area contributed by atoms with Gasteiger partial charge in [0.1, 0.15) is 22.8 Å². The van der Waals surface area contributed by atoms with Gasteiger partial charge in [-0.15, -0.1) is 0 Å². The number of carboxylic acids is 1. The van der Waals surface area contributed by atoms with Crippen LogP contribution in [-0.2, 0) is 4.57 Å². The van der Waals surface area contributed by atoms with Crippen LogP contribution in [-0.4, -0.2) is 26.2 Å². The number of carbonyl (C=O) groups is 1. The first-order valence-electron chi connectivity index (χ1n) is 7.67. The second kappa shape index (κ2) is 5.90. The predicted molar refractivity (Wildman–Crippen MR) is 94.9 cm³/mol. The number of hydrogen-bond acceptors (Lipinski definition) is 5. The van der Waals surface area contributed by atoms with E-state index >= 15 is 0 Å². The number of fused-ring (bicyclic) bond motifs is 1. The first-order chi connectivity index (χ1) is 12.0. The summed E-state index contributed by atoms with van der Waals surface area (Å²) in [5.74, 6) is -1.20. The largest absolute Gasteiger partial charge is 0.507 e. The molecule has 0 amide bonds. The number of aromatic carboxylic acids is 1. The Hall–Kier alpha value is -2.76. The Morgan fingerprint density at radius 1 is 1.04 bits per heavy atom. The van der Waals surface area contributed by atoms with Gasteiger partial charge < -0.3 is 24.7 Å². The molecule has 0 bridgehead atoms. The highest BCUT2D eigenvalue weighted by molar-refractivity contribution is 7.57. The highest BCUT2D eigenvalue weighted by Gasteiger charge is 2.33. The van der Waals surface area contributed by atoms with E-state index in [1.54, 1.807) is 13.8 Å². The Balaban J connectivity index is 2.38. The van der Waals surface area contributed by atoms with Gasteiger partial charge in [0.05, 0.1) is 0 Å². The lowest BCUT2D eigenvalue weighted by molar-refractivity contribution is 0.0693. The highest BCUT2D eigenvalue weighted by Crippen LogP contribution is 2.57. The maximum absolute atomic E-state index is 12.4. The molecule has 26 heavy (non-hydrogen) atoms. The lowest BCUT2D eigenvalue weighted by Gasteiger charge is -2.26. The third-order valence-corrected chi connectivity index (χ3v) is 5.43. The molecule has 2 aromatic rings. The van der Waals surface area contributed by atoms with Gasteiger partial charge in [-0.3, -0.25) is 0 Å². The van der Waals surface area contributed by atoms with Crippen LogP contribution in [0.1, 0.15) is 38.2 Å². The molecule has 1 heterocycles. The van der Waals surface area contributed by atoms with E-state index in [2.05, 4.69) is 0 Å². The van der Waals surface area contributed by atoms with Crippen molar-refractivity contribution in [1.82, 2.24) is 0 Å². The molecule has 1 aliphatic heterocycles. The first-order valence-corrected chi connectivity index (χ1v) is 9.32. The standard InChI is InChI=1S/C18H17O7P/c1-8-4-9(2)16-13(7-26(23,24)25-17(16)10(8)3)11-5-12(18(21)22)15(20)6-14(11)19/h4-7,19-20H,1-3H3,(H,21,22)(H,23,24). The van der Waals surface area contributed by atoms with Gasteiger partial charge in [-0.25, -0.2) is 9.36 Å². The fourth-order valence-electron chi connectivity index (χ4n) is 3.05. The minimum Gasteiger partial charge on any atom is -0.507 e. The number of aromatic hydroxyl groups is 2. The smallest absolute Gasteiger partial charge is 0.401 e. The van der Waals surface area contributed by atoms with E-state index in [-0.39, 0.29) is 16.9 Å². The molecule has 136 valence electrons. The van der Waals surface area contributed by atoms with Gasteiger partial charge >= 0.3 is 13.6 Å². The molecule has 7 nitrogen and oxygen atoms in total. The van der Waals surface area contributed by atoms with Crippen LogP contribution < -0.4 is 4.52 Å². The van der Waals surface area contributed by atoms with E-state index in [1.807, 2.05) is 13.0 Å². The van der Waals surface area contributed by atoms with Gasteiger partial charge in [0.15, 0.2) is 0 Å². The summed E-state index contributed by atoms with van der Waals surface area (Å²) in [5.41, 5.74) is 2.53. The lowest BCUT2D eigenvalue weighted by Crippen LogP contribution is -2.08. The van der Waals surface area contributed by atoms with Crippen molar-refractivity contribution in [2.75, 3.05) is 0 Å². The van der Waals surface area contributed by atoms with Crippen molar-refractivity contribution in [2.45, 2.75) is 20.8 Å². The molecule has 0 aromatic heterocycles.